The number of nitrogens with one attached hydrogen (secondary N) is 2. The molecule has 0 spiro atoms. The number of carbonyl (C=O) groups is 4. The SMILES string of the molecule is N=C(N)NCCC[C@H](N)C(=O)O.O=C(O)O.O=C(O)O.O=C(O)O.[CaH2]. The number of hydrogen-bond acceptors (Lipinski definition) is 6. The Kier molecular flexibility index (Phi) is 32.8. The molecule has 16 heteroatoms. The number of carboxylic acids is 1. The van der Waals surface area contributed by atoms with Crippen LogP contribution >= 0.6 is 0 Å². The first-order valence-corrected chi connectivity index (χ1v) is 5.55. The third-order valence-electron chi connectivity index (χ3n) is 1.32. The Labute approximate surface area is 170 Å². The summed E-state index contributed by atoms with van der Waals surface area (Å²) in [5.74, 6) is -1.11. The number of rotatable bonds is 5. The summed E-state index contributed by atoms with van der Waals surface area (Å²) >= 11 is 0. The molecule has 0 aromatic rings. The van der Waals surface area contributed by atoms with E-state index in [2.05, 4.69) is 5.32 Å². The van der Waals surface area contributed by atoms with Crippen molar-refractivity contribution in [2.24, 2.45) is 11.5 Å². The van der Waals surface area contributed by atoms with Crippen LogP contribution < -0.4 is 16.8 Å². The van der Waals surface area contributed by atoms with Gasteiger partial charge >= 0.3 is 62.2 Å². The zero-order valence-electron chi connectivity index (χ0n) is 12.1. The van der Waals surface area contributed by atoms with Crippen LogP contribution in [0.3, 0.4) is 0 Å². The van der Waals surface area contributed by atoms with Gasteiger partial charge in [0.15, 0.2) is 5.96 Å². The fourth-order valence-electron chi connectivity index (χ4n) is 0.669. The maximum atomic E-state index is 10.2. The van der Waals surface area contributed by atoms with Crippen LogP contribution in [0.2, 0.25) is 0 Å². The van der Waals surface area contributed by atoms with Crippen LogP contribution in [0, 0.1) is 5.41 Å². The van der Waals surface area contributed by atoms with Gasteiger partial charge in [0.2, 0.25) is 0 Å². The average molecular weight is 402 g/mol. The first-order valence-electron chi connectivity index (χ1n) is 5.55. The van der Waals surface area contributed by atoms with Gasteiger partial charge in [0.05, 0.1) is 0 Å². The monoisotopic (exact) mass is 402 g/mol. The molecular formula is C9H22CaN4O11. The van der Waals surface area contributed by atoms with Crippen molar-refractivity contribution in [3.05, 3.63) is 0 Å². The Hall–Kier alpha value is -2.23. The van der Waals surface area contributed by atoms with Crippen LogP contribution in [-0.4, -0.2) is 116 Å². The second-order valence-electron chi connectivity index (χ2n) is 3.28. The molecule has 0 unspecified atom stereocenters. The fourth-order valence-corrected chi connectivity index (χ4v) is 0.669. The van der Waals surface area contributed by atoms with E-state index in [9.17, 15) is 4.79 Å². The first-order chi connectivity index (χ1) is 10.7. The molecule has 0 saturated carbocycles. The molecule has 0 aliphatic carbocycles. The quantitative estimate of drug-likeness (QED) is 0.107. The van der Waals surface area contributed by atoms with Gasteiger partial charge < -0.3 is 52.5 Å². The van der Waals surface area contributed by atoms with Gasteiger partial charge in [-0.05, 0) is 12.8 Å². The summed E-state index contributed by atoms with van der Waals surface area (Å²) in [5.41, 5.74) is 10.2. The third kappa shape index (κ3) is 111. The maximum absolute atomic E-state index is 10.2. The van der Waals surface area contributed by atoms with E-state index in [0.717, 1.165) is 0 Å². The van der Waals surface area contributed by atoms with Crippen molar-refractivity contribution < 1.29 is 54.9 Å². The van der Waals surface area contributed by atoms with E-state index in [4.69, 9.17) is 67.0 Å². The minimum atomic E-state index is -1.83. The van der Waals surface area contributed by atoms with E-state index in [1.54, 1.807) is 0 Å². The minimum absolute atomic E-state index is 0. The Bertz CT molecular complexity index is 366. The van der Waals surface area contributed by atoms with Gasteiger partial charge in [-0.15, -0.1) is 0 Å². The van der Waals surface area contributed by atoms with Crippen molar-refractivity contribution in [1.82, 2.24) is 5.32 Å². The van der Waals surface area contributed by atoms with Gasteiger partial charge in [0.25, 0.3) is 0 Å². The molecule has 0 aliphatic rings. The summed E-state index contributed by atoms with van der Waals surface area (Å²) < 4.78 is 0. The molecule has 0 fully saturated rings. The number of carboxylic acid groups (broad SMARTS) is 7. The molecule has 13 N–H and O–H groups in total. The van der Waals surface area contributed by atoms with Crippen molar-refractivity contribution in [2.45, 2.75) is 18.9 Å². The zero-order chi connectivity index (χ0) is 20.3. The molecule has 146 valence electrons. The average Bonchev–Trinajstić information content (AvgIpc) is 2.31. The summed E-state index contributed by atoms with van der Waals surface area (Å²) in [4.78, 5) is 35.9. The van der Waals surface area contributed by atoms with Gasteiger partial charge in [0.1, 0.15) is 6.04 Å². The second-order valence-corrected chi connectivity index (χ2v) is 3.28. The number of aliphatic carboxylic acids is 1. The van der Waals surface area contributed by atoms with Crippen molar-refractivity contribution in [2.75, 3.05) is 6.54 Å². The standard InChI is InChI=1S/C6H14N4O2.3CH2O3.Ca.2H/c7-4(5(11)12)2-1-3-10-6(8)9;3*2-1(3)4;;;/h4H,1-3,7H2,(H,11,12)(H4,8,9,10);3*(H2,2,3,4);;;/t4-;;;;;;/m0....../s1. The Morgan fingerprint density at radius 1 is 0.880 bits per heavy atom. The number of hydrogen-bond donors (Lipinski definition) is 11. The van der Waals surface area contributed by atoms with Crippen molar-refractivity contribution >= 4 is 68.1 Å². The first kappa shape index (κ1) is 34.2. The Morgan fingerprint density at radius 3 is 1.36 bits per heavy atom. The van der Waals surface area contributed by atoms with E-state index >= 15 is 0 Å². The Balaban J connectivity index is -0.0000000850. The summed E-state index contributed by atoms with van der Waals surface area (Å²) in [5, 5.41) is 59.5. The molecule has 0 aromatic heterocycles. The van der Waals surface area contributed by atoms with E-state index < -0.39 is 30.5 Å². The van der Waals surface area contributed by atoms with Crippen LogP contribution in [0.15, 0.2) is 0 Å². The molecular weight excluding hydrogens is 380 g/mol. The molecule has 0 bridgehead atoms. The molecule has 0 saturated heterocycles. The van der Waals surface area contributed by atoms with Crippen LogP contribution in [0.1, 0.15) is 12.8 Å². The third-order valence-corrected chi connectivity index (χ3v) is 1.32. The summed E-state index contributed by atoms with van der Waals surface area (Å²) in [6.45, 7) is 0.482. The van der Waals surface area contributed by atoms with Gasteiger partial charge in [-0.3, -0.25) is 10.2 Å². The van der Waals surface area contributed by atoms with E-state index in [1.165, 1.54) is 0 Å². The molecule has 25 heavy (non-hydrogen) atoms. The molecule has 0 amide bonds. The summed E-state index contributed by atoms with van der Waals surface area (Å²) in [7, 11) is 0. The van der Waals surface area contributed by atoms with Crippen LogP contribution in [0.5, 0.6) is 0 Å². The second kappa shape index (κ2) is 24.0. The normalized spacial score (nSPS) is 8.68. The van der Waals surface area contributed by atoms with Gasteiger partial charge in [0, 0.05) is 6.54 Å². The van der Waals surface area contributed by atoms with Crippen LogP contribution in [0.4, 0.5) is 14.4 Å². The fraction of sp³-hybridized carbons (Fsp3) is 0.444. The molecule has 1 atom stereocenters. The van der Waals surface area contributed by atoms with Gasteiger partial charge in [-0.25, -0.2) is 14.4 Å². The topological polar surface area (TPSA) is 298 Å². The van der Waals surface area contributed by atoms with Gasteiger partial charge in [-0.2, -0.15) is 0 Å². The molecule has 0 rings (SSSR count). The molecule has 15 nitrogen and oxygen atoms in total. The van der Waals surface area contributed by atoms with Crippen molar-refractivity contribution in [3.8, 4) is 0 Å². The van der Waals surface area contributed by atoms with Crippen molar-refractivity contribution in [3.63, 3.8) is 0 Å². The van der Waals surface area contributed by atoms with E-state index in [1.807, 2.05) is 0 Å². The molecule has 0 aliphatic heterocycles. The number of guanidine groups is 1. The van der Waals surface area contributed by atoms with Crippen LogP contribution in [0.25, 0.3) is 0 Å². The zero-order valence-corrected chi connectivity index (χ0v) is 12.1. The summed E-state index contributed by atoms with van der Waals surface area (Å²) in [6.07, 6.45) is -4.53. The molecule has 0 heterocycles. The van der Waals surface area contributed by atoms with E-state index in [-0.39, 0.29) is 43.7 Å². The van der Waals surface area contributed by atoms with Crippen molar-refractivity contribution in [1.29, 1.82) is 5.41 Å². The Morgan fingerprint density at radius 2 is 1.16 bits per heavy atom. The predicted octanol–water partition coefficient (Wildman–Crippen LogP) is -1.59. The molecule has 0 radical (unpaired) electrons. The van der Waals surface area contributed by atoms with Gasteiger partial charge in [-0.1, -0.05) is 0 Å². The summed E-state index contributed by atoms with van der Waals surface area (Å²) in [6, 6.07) is -0.821. The van der Waals surface area contributed by atoms with Crippen LogP contribution in [-0.2, 0) is 4.79 Å². The van der Waals surface area contributed by atoms with E-state index in [0.29, 0.717) is 19.4 Å². The number of nitrogens with two attached hydrogens (primary N) is 2. The molecule has 0 aromatic carbocycles. The predicted molar refractivity (Wildman–Crippen MR) is 85.3 cm³/mol.